The molecule has 0 aliphatic heterocycles. The average Bonchev–Trinajstić information content (AvgIpc) is 2.90. The molecule has 0 spiro atoms. The summed E-state index contributed by atoms with van der Waals surface area (Å²) in [6.45, 7) is 1.72. The first-order valence-electron chi connectivity index (χ1n) is 6.17. The van der Waals surface area contributed by atoms with Crippen LogP contribution in [-0.2, 0) is 16.4 Å². The van der Waals surface area contributed by atoms with Crippen LogP contribution in [0.3, 0.4) is 0 Å². The summed E-state index contributed by atoms with van der Waals surface area (Å²) in [6, 6.07) is 8.60. The molecular weight excluding hydrogens is 311 g/mol. The number of halogens is 1. The number of benzene rings is 1. The number of nitriles is 1. The first-order valence-corrected chi connectivity index (χ1v) is 8.53. The van der Waals surface area contributed by atoms with E-state index in [-0.39, 0.29) is 10.9 Å². The molecule has 0 saturated heterocycles. The standard InChI is InChI=1S/C14H13FN2O2S2/c1-10(8-11-4-3-7-20-11)17-21(18,19)14-6-2-5-13(15)12(14)9-16/h2-7,10,17H,8H2,1H3. The van der Waals surface area contributed by atoms with Gasteiger partial charge < -0.3 is 0 Å². The third-order valence-electron chi connectivity index (χ3n) is 2.82. The fourth-order valence-electron chi connectivity index (χ4n) is 1.94. The van der Waals surface area contributed by atoms with Crippen molar-refractivity contribution in [2.75, 3.05) is 0 Å². The van der Waals surface area contributed by atoms with Gasteiger partial charge >= 0.3 is 0 Å². The largest absolute Gasteiger partial charge is 0.242 e. The van der Waals surface area contributed by atoms with Gasteiger partial charge in [0.1, 0.15) is 22.3 Å². The zero-order chi connectivity index (χ0) is 15.5. The van der Waals surface area contributed by atoms with Crippen LogP contribution in [0, 0.1) is 17.1 Å². The highest BCUT2D eigenvalue weighted by Gasteiger charge is 2.23. The second kappa shape index (κ2) is 6.35. The molecule has 1 heterocycles. The van der Waals surface area contributed by atoms with Crippen molar-refractivity contribution >= 4 is 21.4 Å². The second-order valence-corrected chi connectivity index (χ2v) is 7.25. The van der Waals surface area contributed by atoms with Crippen LogP contribution in [0.5, 0.6) is 0 Å². The van der Waals surface area contributed by atoms with E-state index < -0.39 is 21.4 Å². The summed E-state index contributed by atoms with van der Waals surface area (Å²) in [7, 11) is -3.94. The molecule has 4 nitrogen and oxygen atoms in total. The Balaban J connectivity index is 2.23. The molecule has 0 bridgehead atoms. The molecule has 1 unspecified atom stereocenters. The first-order chi connectivity index (χ1) is 9.94. The van der Waals surface area contributed by atoms with Gasteiger partial charge in [0.05, 0.1) is 0 Å². The zero-order valence-electron chi connectivity index (χ0n) is 11.2. The predicted octanol–water partition coefficient (Wildman–Crippen LogP) is 2.67. The third kappa shape index (κ3) is 3.67. The fraction of sp³-hybridized carbons (Fsp3) is 0.214. The van der Waals surface area contributed by atoms with Crippen molar-refractivity contribution < 1.29 is 12.8 Å². The summed E-state index contributed by atoms with van der Waals surface area (Å²) in [5, 5.41) is 10.8. The number of sulfonamides is 1. The minimum Gasteiger partial charge on any atom is -0.208 e. The highest BCUT2D eigenvalue weighted by Crippen LogP contribution is 2.19. The van der Waals surface area contributed by atoms with Gasteiger partial charge in [-0.05, 0) is 36.9 Å². The summed E-state index contributed by atoms with van der Waals surface area (Å²) in [5.74, 6) is -0.841. The summed E-state index contributed by atoms with van der Waals surface area (Å²) in [4.78, 5) is 0.716. The minimum absolute atomic E-state index is 0.331. The van der Waals surface area contributed by atoms with Crippen molar-refractivity contribution in [2.45, 2.75) is 24.3 Å². The number of hydrogen-bond acceptors (Lipinski definition) is 4. The summed E-state index contributed by atoms with van der Waals surface area (Å²) in [5.41, 5.74) is -0.465. The molecule has 1 aromatic carbocycles. The van der Waals surface area contributed by atoms with Crippen molar-refractivity contribution in [1.82, 2.24) is 4.72 Å². The van der Waals surface area contributed by atoms with Crippen molar-refractivity contribution in [2.24, 2.45) is 0 Å². The molecule has 1 N–H and O–H groups in total. The van der Waals surface area contributed by atoms with Crippen LogP contribution in [0.4, 0.5) is 4.39 Å². The Kier molecular flexibility index (Phi) is 4.73. The second-order valence-electron chi connectivity index (χ2n) is 4.53. The highest BCUT2D eigenvalue weighted by atomic mass is 32.2. The molecule has 0 aliphatic rings. The highest BCUT2D eigenvalue weighted by molar-refractivity contribution is 7.89. The average molecular weight is 324 g/mol. The molecule has 0 fully saturated rings. The summed E-state index contributed by atoms with van der Waals surface area (Å²) >= 11 is 1.54. The van der Waals surface area contributed by atoms with E-state index in [0.717, 1.165) is 10.9 Å². The maximum atomic E-state index is 13.5. The van der Waals surface area contributed by atoms with Gasteiger partial charge in [0.25, 0.3) is 0 Å². The van der Waals surface area contributed by atoms with Gasteiger partial charge in [0, 0.05) is 10.9 Å². The molecule has 1 atom stereocenters. The van der Waals surface area contributed by atoms with Gasteiger partial charge in [-0.25, -0.2) is 17.5 Å². The lowest BCUT2D eigenvalue weighted by molar-refractivity contribution is 0.557. The van der Waals surface area contributed by atoms with E-state index in [1.807, 2.05) is 17.5 Å². The van der Waals surface area contributed by atoms with E-state index in [9.17, 15) is 12.8 Å². The van der Waals surface area contributed by atoms with Gasteiger partial charge in [-0.2, -0.15) is 5.26 Å². The first kappa shape index (κ1) is 15.6. The van der Waals surface area contributed by atoms with Crippen molar-refractivity contribution in [3.8, 4) is 6.07 Å². The SMILES string of the molecule is CC(Cc1cccs1)NS(=O)(=O)c1cccc(F)c1C#N. The Morgan fingerprint density at radius 3 is 2.76 bits per heavy atom. The van der Waals surface area contributed by atoms with Gasteiger partial charge in [-0.15, -0.1) is 11.3 Å². The number of nitrogens with one attached hydrogen (secondary N) is 1. The van der Waals surface area contributed by atoms with Crippen LogP contribution in [0.1, 0.15) is 17.4 Å². The normalized spacial score (nSPS) is 12.8. The van der Waals surface area contributed by atoms with Crippen LogP contribution in [-0.4, -0.2) is 14.5 Å². The minimum atomic E-state index is -3.94. The van der Waals surface area contributed by atoms with Gasteiger partial charge in [0.15, 0.2) is 0 Å². The summed E-state index contributed by atoms with van der Waals surface area (Å²) in [6.07, 6.45) is 0.536. The third-order valence-corrected chi connectivity index (χ3v) is 5.35. The molecule has 21 heavy (non-hydrogen) atoms. The van der Waals surface area contributed by atoms with E-state index in [4.69, 9.17) is 5.26 Å². The molecule has 2 rings (SSSR count). The molecule has 0 aliphatic carbocycles. The fourth-order valence-corrected chi connectivity index (χ4v) is 4.18. The molecular formula is C14H13FN2O2S2. The Hall–Kier alpha value is -1.75. The van der Waals surface area contributed by atoms with E-state index in [1.54, 1.807) is 13.0 Å². The molecule has 0 radical (unpaired) electrons. The molecule has 0 saturated carbocycles. The lowest BCUT2D eigenvalue weighted by Gasteiger charge is -2.14. The quantitative estimate of drug-likeness (QED) is 0.919. The number of thiophene rings is 1. The van der Waals surface area contributed by atoms with Crippen LogP contribution in [0.15, 0.2) is 40.6 Å². The lowest BCUT2D eigenvalue weighted by atomic mass is 10.2. The van der Waals surface area contributed by atoms with Crippen molar-refractivity contribution in [3.63, 3.8) is 0 Å². The molecule has 110 valence electrons. The van der Waals surface area contributed by atoms with Gasteiger partial charge in [-0.3, -0.25) is 0 Å². The van der Waals surface area contributed by atoms with E-state index in [1.165, 1.54) is 23.5 Å². The van der Waals surface area contributed by atoms with Gasteiger partial charge in [0.2, 0.25) is 10.0 Å². The zero-order valence-corrected chi connectivity index (χ0v) is 12.8. The van der Waals surface area contributed by atoms with E-state index in [2.05, 4.69) is 4.72 Å². The van der Waals surface area contributed by atoms with Crippen molar-refractivity contribution in [1.29, 1.82) is 5.26 Å². The van der Waals surface area contributed by atoms with Crippen LogP contribution in [0.25, 0.3) is 0 Å². The number of hydrogen-bond donors (Lipinski definition) is 1. The van der Waals surface area contributed by atoms with Crippen molar-refractivity contribution in [3.05, 3.63) is 52.0 Å². The maximum absolute atomic E-state index is 13.5. The summed E-state index contributed by atoms with van der Waals surface area (Å²) < 4.78 is 40.5. The molecule has 2 aromatic rings. The Morgan fingerprint density at radius 1 is 1.38 bits per heavy atom. The molecule has 7 heteroatoms. The molecule has 1 aromatic heterocycles. The van der Waals surface area contributed by atoms with Crippen LogP contribution < -0.4 is 4.72 Å². The topological polar surface area (TPSA) is 70.0 Å². The number of nitrogens with zero attached hydrogens (tertiary/aromatic N) is 1. The maximum Gasteiger partial charge on any atom is 0.242 e. The Bertz CT molecular complexity index is 765. The predicted molar refractivity (Wildman–Crippen MR) is 78.9 cm³/mol. The van der Waals surface area contributed by atoms with E-state index >= 15 is 0 Å². The Morgan fingerprint density at radius 2 is 2.14 bits per heavy atom. The Labute approximate surface area is 126 Å². The lowest BCUT2D eigenvalue weighted by Crippen LogP contribution is -2.34. The number of rotatable bonds is 5. The van der Waals surface area contributed by atoms with Crippen LogP contribution >= 0.6 is 11.3 Å². The van der Waals surface area contributed by atoms with Crippen LogP contribution in [0.2, 0.25) is 0 Å². The molecule has 0 amide bonds. The van der Waals surface area contributed by atoms with Gasteiger partial charge in [-0.1, -0.05) is 12.1 Å². The van der Waals surface area contributed by atoms with E-state index in [0.29, 0.717) is 6.42 Å². The smallest absolute Gasteiger partial charge is 0.208 e. The monoisotopic (exact) mass is 324 g/mol.